The molecule has 2 aliphatic rings. The maximum Gasteiger partial charge on any atom is 0.186 e. The van der Waals surface area contributed by atoms with Crippen LogP contribution in [-0.2, 0) is 18.9 Å². The minimum atomic E-state index is -0.567. The summed E-state index contributed by atoms with van der Waals surface area (Å²) in [5, 5.41) is 3.22. The van der Waals surface area contributed by atoms with Crippen LogP contribution >= 0.6 is 0 Å². The van der Waals surface area contributed by atoms with E-state index in [0.29, 0.717) is 13.1 Å². The number of hydrogen-bond acceptors (Lipinski definition) is 6. The number of rotatable bonds is 5. The molecule has 0 aromatic heterocycles. The van der Waals surface area contributed by atoms with Crippen molar-refractivity contribution in [3.63, 3.8) is 0 Å². The normalized spacial score (nSPS) is 39.5. The molecular weight excluding hydrogens is 224 g/mol. The van der Waals surface area contributed by atoms with Crippen LogP contribution < -0.4 is 11.1 Å². The van der Waals surface area contributed by atoms with E-state index in [1.54, 1.807) is 7.11 Å². The van der Waals surface area contributed by atoms with Gasteiger partial charge in [0.25, 0.3) is 0 Å². The first-order chi connectivity index (χ1) is 8.07. The van der Waals surface area contributed by atoms with Gasteiger partial charge in [-0.3, -0.25) is 0 Å². The van der Waals surface area contributed by atoms with Gasteiger partial charge in [-0.1, -0.05) is 0 Å². The molecule has 3 N–H and O–H groups in total. The smallest absolute Gasteiger partial charge is 0.186 e. The van der Waals surface area contributed by atoms with E-state index >= 15 is 0 Å². The molecule has 100 valence electrons. The highest BCUT2D eigenvalue weighted by Gasteiger charge is 2.55. The lowest BCUT2D eigenvalue weighted by atomic mass is 10.1. The van der Waals surface area contributed by atoms with E-state index in [2.05, 4.69) is 5.32 Å². The van der Waals surface area contributed by atoms with Gasteiger partial charge in [-0.05, 0) is 13.8 Å². The summed E-state index contributed by atoms with van der Waals surface area (Å²) in [4.78, 5) is 0. The third kappa shape index (κ3) is 2.78. The molecule has 0 aromatic carbocycles. The Hall–Kier alpha value is -0.240. The molecule has 4 atom stereocenters. The van der Waals surface area contributed by atoms with Crippen LogP contribution in [0.15, 0.2) is 0 Å². The van der Waals surface area contributed by atoms with Gasteiger partial charge < -0.3 is 30.0 Å². The third-order valence-electron chi connectivity index (χ3n) is 3.01. The van der Waals surface area contributed by atoms with E-state index in [-0.39, 0.29) is 24.6 Å². The zero-order chi connectivity index (χ0) is 12.5. The maximum absolute atomic E-state index is 5.85. The Balaban J connectivity index is 1.95. The second kappa shape index (κ2) is 5.17. The van der Waals surface area contributed by atoms with Crippen LogP contribution in [0.25, 0.3) is 0 Å². The number of fused-ring (bicyclic) bond motifs is 1. The fourth-order valence-electron chi connectivity index (χ4n) is 2.34. The molecule has 2 rings (SSSR count). The van der Waals surface area contributed by atoms with Crippen molar-refractivity contribution >= 4 is 0 Å². The minimum absolute atomic E-state index is 0.0572. The van der Waals surface area contributed by atoms with Crippen LogP contribution in [0.2, 0.25) is 0 Å². The molecule has 17 heavy (non-hydrogen) atoms. The predicted molar refractivity (Wildman–Crippen MR) is 61.4 cm³/mol. The zero-order valence-electron chi connectivity index (χ0n) is 10.6. The van der Waals surface area contributed by atoms with Crippen molar-refractivity contribution in [1.29, 1.82) is 0 Å². The van der Waals surface area contributed by atoms with Crippen molar-refractivity contribution in [3.05, 3.63) is 0 Å². The molecule has 0 unspecified atom stereocenters. The summed E-state index contributed by atoms with van der Waals surface area (Å²) in [6.45, 7) is 5.87. The molecule has 2 aliphatic heterocycles. The molecule has 6 heteroatoms. The van der Waals surface area contributed by atoms with Gasteiger partial charge >= 0.3 is 0 Å². The quantitative estimate of drug-likeness (QED) is 0.633. The number of methoxy groups -OCH3 is 1. The van der Waals surface area contributed by atoms with E-state index < -0.39 is 5.79 Å². The first kappa shape index (κ1) is 13.2. The van der Waals surface area contributed by atoms with Crippen molar-refractivity contribution in [2.24, 2.45) is 5.73 Å². The first-order valence-electron chi connectivity index (χ1n) is 6.02. The summed E-state index contributed by atoms with van der Waals surface area (Å²) in [7, 11) is 1.62. The number of nitrogens with two attached hydrogens (primary N) is 1. The van der Waals surface area contributed by atoms with Crippen molar-refractivity contribution in [2.75, 3.05) is 26.7 Å². The first-order valence-corrected chi connectivity index (χ1v) is 6.02. The summed E-state index contributed by atoms with van der Waals surface area (Å²) in [5.41, 5.74) is 5.43. The van der Waals surface area contributed by atoms with Gasteiger partial charge in [0, 0.05) is 26.7 Å². The van der Waals surface area contributed by atoms with E-state index in [9.17, 15) is 0 Å². The van der Waals surface area contributed by atoms with Gasteiger partial charge in [0.15, 0.2) is 12.1 Å². The Morgan fingerprint density at radius 1 is 1.29 bits per heavy atom. The van der Waals surface area contributed by atoms with Crippen molar-refractivity contribution in [1.82, 2.24) is 5.32 Å². The minimum Gasteiger partial charge on any atom is -0.353 e. The van der Waals surface area contributed by atoms with Gasteiger partial charge in [-0.15, -0.1) is 0 Å². The molecule has 0 saturated carbocycles. The lowest BCUT2D eigenvalue weighted by Crippen LogP contribution is -2.39. The molecule has 2 fully saturated rings. The Morgan fingerprint density at radius 3 is 2.65 bits per heavy atom. The van der Waals surface area contributed by atoms with Crippen molar-refractivity contribution < 1.29 is 18.9 Å². The van der Waals surface area contributed by atoms with Crippen LogP contribution in [0, 0.1) is 0 Å². The molecular formula is C11H22N2O4. The van der Waals surface area contributed by atoms with Crippen LogP contribution in [0.4, 0.5) is 0 Å². The van der Waals surface area contributed by atoms with Gasteiger partial charge in [-0.2, -0.15) is 0 Å². The fourth-order valence-corrected chi connectivity index (χ4v) is 2.34. The number of nitrogens with one attached hydrogen (secondary N) is 1. The molecule has 2 heterocycles. The SMILES string of the molecule is CO[C@@H]1O[C@H](CNCCN)[C@H]2OC(C)(C)O[C@@H]12. The average molecular weight is 246 g/mol. The van der Waals surface area contributed by atoms with Gasteiger partial charge in [-0.25, -0.2) is 0 Å². The lowest BCUT2D eigenvalue weighted by molar-refractivity contribution is -0.226. The number of ether oxygens (including phenoxy) is 4. The van der Waals surface area contributed by atoms with Crippen LogP contribution in [0.3, 0.4) is 0 Å². The van der Waals surface area contributed by atoms with Crippen LogP contribution in [0.1, 0.15) is 13.8 Å². The Labute approximate surface area is 102 Å². The fraction of sp³-hybridized carbons (Fsp3) is 1.00. The Kier molecular flexibility index (Phi) is 4.02. The highest BCUT2D eigenvalue weighted by molar-refractivity contribution is 4.95. The zero-order valence-corrected chi connectivity index (χ0v) is 10.6. The largest absolute Gasteiger partial charge is 0.353 e. The van der Waals surface area contributed by atoms with Gasteiger partial charge in [0.05, 0.1) is 0 Å². The van der Waals surface area contributed by atoms with Crippen LogP contribution in [0.5, 0.6) is 0 Å². The standard InChI is InChI=1S/C11H22N2O4/c1-11(2)16-8-7(6-13-5-4-12)15-10(14-3)9(8)17-11/h7-10,13H,4-6,12H2,1-3H3/t7-,8-,9-,10-/m1/s1. The number of hydrogen-bond donors (Lipinski definition) is 2. The van der Waals surface area contributed by atoms with Crippen molar-refractivity contribution in [3.8, 4) is 0 Å². The topological polar surface area (TPSA) is 75.0 Å². The summed E-state index contributed by atoms with van der Waals surface area (Å²) < 4.78 is 22.7. The van der Waals surface area contributed by atoms with Gasteiger partial charge in [0.1, 0.15) is 18.3 Å². The molecule has 6 nitrogen and oxygen atoms in total. The van der Waals surface area contributed by atoms with E-state index in [1.165, 1.54) is 0 Å². The van der Waals surface area contributed by atoms with E-state index in [4.69, 9.17) is 24.7 Å². The average Bonchev–Trinajstić information content (AvgIpc) is 2.73. The second-order valence-electron chi connectivity index (χ2n) is 4.84. The summed E-state index contributed by atoms with van der Waals surface area (Å²) in [6.07, 6.45) is -0.648. The summed E-state index contributed by atoms with van der Waals surface area (Å²) in [5.74, 6) is -0.567. The third-order valence-corrected chi connectivity index (χ3v) is 3.01. The monoisotopic (exact) mass is 246 g/mol. The van der Waals surface area contributed by atoms with E-state index in [0.717, 1.165) is 6.54 Å². The molecule has 0 spiro atoms. The highest BCUT2D eigenvalue weighted by Crippen LogP contribution is 2.38. The van der Waals surface area contributed by atoms with Crippen molar-refractivity contribution in [2.45, 2.75) is 44.2 Å². The molecule has 0 radical (unpaired) electrons. The lowest BCUT2D eigenvalue weighted by Gasteiger charge is -2.23. The second-order valence-corrected chi connectivity index (χ2v) is 4.84. The molecule has 0 aromatic rings. The van der Waals surface area contributed by atoms with Gasteiger partial charge in [0.2, 0.25) is 0 Å². The summed E-state index contributed by atoms with van der Waals surface area (Å²) >= 11 is 0. The Bertz CT molecular complexity index is 262. The van der Waals surface area contributed by atoms with E-state index in [1.807, 2.05) is 13.8 Å². The van der Waals surface area contributed by atoms with Crippen LogP contribution in [-0.4, -0.2) is 57.1 Å². The Morgan fingerprint density at radius 2 is 2.00 bits per heavy atom. The maximum atomic E-state index is 5.85. The predicted octanol–water partition coefficient (Wildman–Crippen LogP) is -0.574. The molecule has 0 bridgehead atoms. The molecule has 0 amide bonds. The summed E-state index contributed by atoms with van der Waals surface area (Å²) in [6, 6.07) is 0. The highest BCUT2D eigenvalue weighted by atomic mass is 16.8. The molecule has 0 aliphatic carbocycles. The molecule has 2 saturated heterocycles.